The third-order valence-corrected chi connectivity index (χ3v) is 2.18. The van der Waals surface area contributed by atoms with Gasteiger partial charge in [0.05, 0.1) is 17.5 Å². The Kier molecular flexibility index (Phi) is 2.53. The molecule has 0 aliphatic rings. The van der Waals surface area contributed by atoms with Crippen LogP contribution in [0.2, 0.25) is 0 Å². The highest BCUT2D eigenvalue weighted by atomic mass is 19.4. The van der Waals surface area contributed by atoms with Crippen molar-refractivity contribution in [3.05, 3.63) is 35.8 Å². The Balaban J connectivity index is 2.51. The van der Waals surface area contributed by atoms with E-state index < -0.39 is 17.6 Å². The lowest BCUT2D eigenvalue weighted by molar-refractivity contribution is -0.139. The van der Waals surface area contributed by atoms with Crippen LogP contribution in [0.15, 0.2) is 24.4 Å². The second-order valence-corrected chi connectivity index (χ2v) is 3.37. The predicted octanol–water partition coefficient (Wildman–Crippen LogP) is 2.82. The van der Waals surface area contributed by atoms with E-state index in [9.17, 15) is 17.6 Å². The van der Waals surface area contributed by atoms with E-state index in [2.05, 4.69) is 9.97 Å². The number of H-pyrrole nitrogens is 1. The minimum atomic E-state index is -4.73. The molecule has 1 heterocycles. The molecule has 0 spiro atoms. The van der Waals surface area contributed by atoms with E-state index in [0.29, 0.717) is 11.8 Å². The summed E-state index contributed by atoms with van der Waals surface area (Å²) >= 11 is 0. The number of nitrogen functional groups attached to an aromatic ring is 1. The smallest absolute Gasteiger partial charge is 0.369 e. The van der Waals surface area contributed by atoms with Crippen LogP contribution >= 0.6 is 0 Å². The van der Waals surface area contributed by atoms with E-state index in [4.69, 9.17) is 5.73 Å². The van der Waals surface area contributed by atoms with Gasteiger partial charge in [0.1, 0.15) is 5.82 Å². The number of aromatic amines is 1. The zero-order chi connectivity index (χ0) is 12.6. The molecule has 0 atom stereocenters. The van der Waals surface area contributed by atoms with E-state index >= 15 is 0 Å². The molecular weight excluding hydrogens is 238 g/mol. The molecule has 3 nitrogen and oxygen atoms in total. The van der Waals surface area contributed by atoms with Crippen molar-refractivity contribution in [1.82, 2.24) is 9.97 Å². The number of hydrogen-bond acceptors (Lipinski definition) is 2. The van der Waals surface area contributed by atoms with Gasteiger partial charge in [-0.25, -0.2) is 9.37 Å². The summed E-state index contributed by atoms with van der Waals surface area (Å²) in [5, 5.41) is 0. The van der Waals surface area contributed by atoms with Gasteiger partial charge in [-0.1, -0.05) is 0 Å². The fourth-order valence-corrected chi connectivity index (χ4v) is 1.39. The third-order valence-electron chi connectivity index (χ3n) is 2.18. The first-order valence-corrected chi connectivity index (χ1v) is 4.55. The number of benzene rings is 1. The van der Waals surface area contributed by atoms with Crippen LogP contribution in [-0.2, 0) is 6.18 Å². The second kappa shape index (κ2) is 3.76. The van der Waals surface area contributed by atoms with Crippen molar-refractivity contribution >= 4 is 5.95 Å². The number of imidazole rings is 1. The number of nitrogens with zero attached hydrogens (tertiary/aromatic N) is 1. The maximum absolute atomic E-state index is 13.0. The summed E-state index contributed by atoms with van der Waals surface area (Å²) in [6, 6.07) is 2.69. The lowest BCUT2D eigenvalue weighted by Gasteiger charge is -2.09. The van der Waals surface area contributed by atoms with Crippen LogP contribution in [-0.4, -0.2) is 9.97 Å². The molecule has 0 bridgehead atoms. The molecule has 90 valence electrons. The lowest BCUT2D eigenvalue weighted by atomic mass is 10.1. The molecule has 17 heavy (non-hydrogen) atoms. The topological polar surface area (TPSA) is 54.7 Å². The fraction of sp³-hybridized carbons (Fsp3) is 0.100. The SMILES string of the molecule is Nc1ncc(-c2ccc(F)c(C(F)(F)F)c2)[nH]1. The first-order valence-electron chi connectivity index (χ1n) is 4.55. The first-order chi connectivity index (χ1) is 7.88. The third kappa shape index (κ3) is 2.22. The molecule has 2 aromatic rings. The van der Waals surface area contributed by atoms with Crippen LogP contribution in [0, 0.1) is 5.82 Å². The summed E-state index contributed by atoms with van der Waals surface area (Å²) in [6.07, 6.45) is -3.45. The Morgan fingerprint density at radius 2 is 1.94 bits per heavy atom. The summed E-state index contributed by atoms with van der Waals surface area (Å²) in [6.45, 7) is 0. The molecule has 0 unspecified atom stereocenters. The molecule has 0 saturated heterocycles. The average molecular weight is 245 g/mol. The summed E-state index contributed by atoms with van der Waals surface area (Å²) in [7, 11) is 0. The van der Waals surface area contributed by atoms with Gasteiger partial charge in [-0.3, -0.25) is 0 Å². The molecule has 3 N–H and O–H groups in total. The predicted molar refractivity (Wildman–Crippen MR) is 53.4 cm³/mol. The molecule has 2 rings (SSSR count). The number of nitrogens with two attached hydrogens (primary N) is 1. The van der Waals surface area contributed by atoms with Crippen LogP contribution in [0.1, 0.15) is 5.56 Å². The molecular formula is C10H7F4N3. The minimum Gasteiger partial charge on any atom is -0.369 e. The number of hydrogen-bond donors (Lipinski definition) is 2. The van der Waals surface area contributed by atoms with Crippen LogP contribution in [0.3, 0.4) is 0 Å². The highest BCUT2D eigenvalue weighted by Crippen LogP contribution is 2.33. The Morgan fingerprint density at radius 1 is 1.24 bits per heavy atom. The molecule has 0 aliphatic carbocycles. The Hall–Kier alpha value is -2.05. The second-order valence-electron chi connectivity index (χ2n) is 3.37. The van der Waals surface area contributed by atoms with Crippen molar-refractivity contribution in [3.63, 3.8) is 0 Å². The fourth-order valence-electron chi connectivity index (χ4n) is 1.39. The molecule has 0 amide bonds. The average Bonchev–Trinajstić information content (AvgIpc) is 2.64. The number of aromatic nitrogens is 2. The minimum absolute atomic E-state index is 0.0814. The highest BCUT2D eigenvalue weighted by molar-refractivity contribution is 5.61. The van der Waals surface area contributed by atoms with E-state index in [0.717, 1.165) is 6.07 Å². The number of alkyl halides is 3. The van der Waals surface area contributed by atoms with Gasteiger partial charge < -0.3 is 10.7 Å². The number of halogens is 4. The zero-order valence-electron chi connectivity index (χ0n) is 8.35. The van der Waals surface area contributed by atoms with Crippen molar-refractivity contribution < 1.29 is 17.6 Å². The lowest BCUT2D eigenvalue weighted by Crippen LogP contribution is -2.08. The van der Waals surface area contributed by atoms with Gasteiger partial charge in [-0.05, 0) is 18.2 Å². The molecule has 0 radical (unpaired) electrons. The van der Waals surface area contributed by atoms with E-state index in [1.165, 1.54) is 12.3 Å². The maximum atomic E-state index is 13.0. The Bertz CT molecular complexity index is 545. The van der Waals surface area contributed by atoms with E-state index in [-0.39, 0.29) is 11.5 Å². The molecule has 1 aromatic carbocycles. The van der Waals surface area contributed by atoms with Gasteiger partial charge in [0, 0.05) is 5.56 Å². The standard InChI is InChI=1S/C10H7F4N3/c11-7-2-1-5(3-6(7)10(12,13)14)8-4-16-9(15)17-8/h1-4H,(H3,15,16,17). The number of rotatable bonds is 1. The van der Waals surface area contributed by atoms with Gasteiger partial charge in [-0.2, -0.15) is 13.2 Å². The molecule has 0 saturated carbocycles. The Morgan fingerprint density at radius 3 is 2.47 bits per heavy atom. The van der Waals surface area contributed by atoms with Crippen molar-refractivity contribution in [2.75, 3.05) is 5.73 Å². The van der Waals surface area contributed by atoms with Crippen LogP contribution < -0.4 is 5.73 Å². The monoisotopic (exact) mass is 245 g/mol. The summed E-state index contributed by atoms with van der Waals surface area (Å²) in [5.41, 5.74) is 4.46. The first kappa shape index (κ1) is 11.4. The molecule has 0 aliphatic heterocycles. The number of nitrogens with one attached hydrogen (secondary N) is 1. The van der Waals surface area contributed by atoms with Gasteiger partial charge >= 0.3 is 6.18 Å². The maximum Gasteiger partial charge on any atom is 0.419 e. The van der Waals surface area contributed by atoms with Crippen molar-refractivity contribution in [1.29, 1.82) is 0 Å². The quantitative estimate of drug-likeness (QED) is 0.759. The largest absolute Gasteiger partial charge is 0.419 e. The highest BCUT2D eigenvalue weighted by Gasteiger charge is 2.34. The van der Waals surface area contributed by atoms with Gasteiger partial charge in [0.15, 0.2) is 5.95 Å². The summed E-state index contributed by atoms with van der Waals surface area (Å²) in [5.74, 6) is -1.23. The van der Waals surface area contributed by atoms with Gasteiger partial charge in [0.25, 0.3) is 0 Å². The van der Waals surface area contributed by atoms with Crippen molar-refractivity contribution in [2.24, 2.45) is 0 Å². The van der Waals surface area contributed by atoms with E-state index in [1.807, 2.05) is 0 Å². The van der Waals surface area contributed by atoms with Gasteiger partial charge in [0.2, 0.25) is 0 Å². The van der Waals surface area contributed by atoms with Crippen LogP contribution in [0.4, 0.5) is 23.5 Å². The summed E-state index contributed by atoms with van der Waals surface area (Å²) in [4.78, 5) is 6.22. The van der Waals surface area contributed by atoms with Crippen LogP contribution in [0.25, 0.3) is 11.3 Å². The summed E-state index contributed by atoms with van der Waals surface area (Å²) < 4.78 is 50.4. The van der Waals surface area contributed by atoms with Crippen molar-refractivity contribution in [2.45, 2.75) is 6.18 Å². The van der Waals surface area contributed by atoms with E-state index in [1.54, 1.807) is 0 Å². The van der Waals surface area contributed by atoms with Crippen LogP contribution in [0.5, 0.6) is 0 Å². The molecule has 1 aromatic heterocycles. The molecule has 7 heteroatoms. The zero-order valence-corrected chi connectivity index (χ0v) is 8.35. The Labute approximate surface area is 93.3 Å². The van der Waals surface area contributed by atoms with Gasteiger partial charge in [-0.15, -0.1) is 0 Å². The molecule has 0 fully saturated rings. The van der Waals surface area contributed by atoms with Crippen molar-refractivity contribution in [3.8, 4) is 11.3 Å². The number of anilines is 1. The normalized spacial score (nSPS) is 11.8.